The van der Waals surface area contributed by atoms with Crippen molar-refractivity contribution in [1.29, 1.82) is 0 Å². The first-order valence-corrected chi connectivity index (χ1v) is 22.9. The molecule has 4 saturated heterocycles. The van der Waals surface area contributed by atoms with Crippen LogP contribution in [0.3, 0.4) is 0 Å². The lowest BCUT2D eigenvalue weighted by Gasteiger charge is -2.38. The van der Waals surface area contributed by atoms with Gasteiger partial charge >= 0.3 is 12.2 Å². The Morgan fingerprint density at radius 1 is 0.606 bits per heavy atom. The maximum Gasteiger partial charge on any atom is 0.405 e. The summed E-state index contributed by atoms with van der Waals surface area (Å²) in [5.41, 5.74) is 5.11. The number of benzene rings is 2. The maximum atomic E-state index is 14.3. The van der Waals surface area contributed by atoms with Gasteiger partial charge in [0.25, 0.3) is 0 Å². The van der Waals surface area contributed by atoms with Gasteiger partial charge in [-0.05, 0) is 102 Å². The van der Waals surface area contributed by atoms with Crippen LogP contribution in [0.4, 0.5) is 9.59 Å². The zero-order chi connectivity index (χ0) is 46.8. The summed E-state index contributed by atoms with van der Waals surface area (Å²) in [7, 11) is 0. The van der Waals surface area contributed by atoms with Crippen LogP contribution in [0.5, 0.6) is 0 Å². The van der Waals surface area contributed by atoms with Gasteiger partial charge in [-0.3, -0.25) is 9.59 Å². The zero-order valence-electron chi connectivity index (χ0n) is 37.6. The van der Waals surface area contributed by atoms with Crippen molar-refractivity contribution >= 4 is 24.0 Å². The second-order valence-corrected chi connectivity index (χ2v) is 18.4. The number of likely N-dealkylation sites (tertiary alicyclic amines) is 2. The first-order valence-electron chi connectivity index (χ1n) is 22.9. The highest BCUT2D eigenvalue weighted by Crippen LogP contribution is 2.40. The molecule has 16 heteroatoms. The number of carbonyl (C=O) groups excluding carboxylic acids is 2. The highest BCUT2D eigenvalue weighted by atomic mass is 16.5. The lowest BCUT2D eigenvalue weighted by Crippen LogP contribution is -2.55. The molecular formula is C50H58N8O8. The normalized spacial score (nSPS) is 28.5. The summed E-state index contributed by atoms with van der Waals surface area (Å²) in [5.74, 6) is 5.49. The molecule has 0 spiro atoms. The summed E-state index contributed by atoms with van der Waals surface area (Å²) in [6, 6.07) is 12.2. The maximum absolute atomic E-state index is 14.3. The molecule has 4 aliphatic heterocycles. The molecule has 0 aliphatic carbocycles. The third kappa shape index (κ3) is 9.66. The molecule has 10 atom stereocenters. The van der Waals surface area contributed by atoms with Gasteiger partial charge in [0, 0.05) is 23.5 Å². The second-order valence-electron chi connectivity index (χ2n) is 18.4. The number of aromatic amines is 2. The predicted octanol–water partition coefficient (Wildman–Crippen LogP) is 7.14. The lowest BCUT2D eigenvalue weighted by atomic mass is 9.85. The molecule has 4 aromatic rings. The number of nitrogens with one attached hydrogen (secondary N) is 4. The molecule has 6 heterocycles. The van der Waals surface area contributed by atoms with E-state index in [4.69, 9.17) is 32.3 Å². The van der Waals surface area contributed by atoms with Gasteiger partial charge in [0.2, 0.25) is 11.8 Å². The summed E-state index contributed by atoms with van der Waals surface area (Å²) in [5, 5.41) is 24.5. The topological polar surface area (TPSA) is 215 Å². The van der Waals surface area contributed by atoms with E-state index in [2.05, 4.69) is 32.4 Å². The highest BCUT2D eigenvalue weighted by molar-refractivity contribution is 5.88. The Morgan fingerprint density at radius 3 is 1.26 bits per heavy atom. The van der Waals surface area contributed by atoms with Gasteiger partial charge in [0.05, 0.1) is 60.0 Å². The Hall–Kier alpha value is -6.62. The molecule has 346 valence electrons. The molecule has 0 saturated carbocycles. The van der Waals surface area contributed by atoms with E-state index < -0.39 is 48.4 Å². The smallest absolute Gasteiger partial charge is 0.405 e. The molecule has 6 N–H and O–H groups in total. The van der Waals surface area contributed by atoms with Crippen LogP contribution in [0.15, 0.2) is 60.9 Å². The third-order valence-corrected chi connectivity index (χ3v) is 13.7. The van der Waals surface area contributed by atoms with Gasteiger partial charge < -0.3 is 50.1 Å². The number of nitrogens with zero attached hydrogens (tertiary/aromatic N) is 4. The van der Waals surface area contributed by atoms with Crippen LogP contribution in [0, 0.1) is 36.5 Å². The number of ether oxygens (including phenoxy) is 2. The van der Waals surface area contributed by atoms with E-state index in [9.17, 15) is 29.4 Å². The number of rotatable bonds is 11. The molecule has 66 heavy (non-hydrogen) atoms. The van der Waals surface area contributed by atoms with Gasteiger partial charge in [-0.1, -0.05) is 60.4 Å². The summed E-state index contributed by atoms with van der Waals surface area (Å²) in [6.45, 7) is 7.74. The Balaban J connectivity index is 0.950. The average Bonchev–Trinajstić information content (AvgIpc) is 4.12. The van der Waals surface area contributed by atoms with E-state index in [0.29, 0.717) is 74.4 Å². The quantitative estimate of drug-likeness (QED) is 0.0837. The monoisotopic (exact) mass is 898 g/mol. The molecule has 2 aromatic heterocycles. The lowest BCUT2D eigenvalue weighted by molar-refractivity contribution is -0.140. The zero-order valence-corrected chi connectivity index (χ0v) is 37.6. The average molecular weight is 899 g/mol. The second kappa shape index (κ2) is 19.5. The largest absolute Gasteiger partial charge is 0.465 e. The fourth-order valence-corrected chi connectivity index (χ4v) is 10.9. The van der Waals surface area contributed by atoms with Gasteiger partial charge in [0.15, 0.2) is 0 Å². The minimum Gasteiger partial charge on any atom is -0.465 e. The molecule has 8 rings (SSSR count). The fourth-order valence-electron chi connectivity index (χ4n) is 10.9. The van der Waals surface area contributed by atoms with Crippen molar-refractivity contribution in [1.82, 2.24) is 40.4 Å². The number of carboxylic acid groups (broad SMARTS) is 2. The van der Waals surface area contributed by atoms with Crippen molar-refractivity contribution in [3.63, 3.8) is 0 Å². The molecule has 4 aliphatic rings. The minimum atomic E-state index is -1.26. The summed E-state index contributed by atoms with van der Waals surface area (Å²) in [6.07, 6.45) is 17.0. The van der Waals surface area contributed by atoms with Crippen LogP contribution in [0.1, 0.15) is 103 Å². The van der Waals surface area contributed by atoms with Crippen LogP contribution in [-0.2, 0) is 19.1 Å². The van der Waals surface area contributed by atoms with Crippen molar-refractivity contribution in [2.24, 2.45) is 11.8 Å². The number of H-pyrrole nitrogens is 2. The Morgan fingerprint density at radius 2 is 0.939 bits per heavy atom. The number of amides is 4. The molecular weight excluding hydrogens is 841 g/mol. The van der Waals surface area contributed by atoms with E-state index in [-0.39, 0.29) is 48.1 Å². The van der Waals surface area contributed by atoms with Gasteiger partial charge in [0.1, 0.15) is 23.7 Å². The van der Waals surface area contributed by atoms with E-state index in [1.807, 2.05) is 88.6 Å². The molecule has 4 amide bonds. The molecule has 0 bridgehead atoms. The predicted molar refractivity (Wildman–Crippen MR) is 245 cm³/mol. The summed E-state index contributed by atoms with van der Waals surface area (Å²) < 4.78 is 11.8. The van der Waals surface area contributed by atoms with Crippen LogP contribution >= 0.6 is 0 Å². The van der Waals surface area contributed by atoms with E-state index in [1.165, 1.54) is 0 Å². The number of terminal acetylenes is 2. The number of hydrogen-bond donors (Lipinski definition) is 6. The SMILES string of the molecule is C#C[C@@H]1CC[C@@H](c2nc(-c3ccc(-c4ccc(-c5c[nH]c([C@@H]6CC[C@@H](C#C)N6C(=O)[C@@H](NC(=O)O)C6C[C@@H](C)O[C@H](C)C6)n5)cc4)cc3)c[nH]2)N1C(=O)[C@@H](NC(=O)O)C1C[C@@H](C)O[C@H](C)C1. The molecule has 2 aromatic carbocycles. The van der Waals surface area contributed by atoms with Crippen LogP contribution < -0.4 is 10.6 Å². The van der Waals surface area contributed by atoms with Gasteiger partial charge in [-0.25, -0.2) is 19.6 Å². The van der Waals surface area contributed by atoms with Gasteiger partial charge in [-0.2, -0.15) is 0 Å². The first-order chi connectivity index (χ1) is 31.7. The minimum absolute atomic E-state index is 0.113. The van der Waals surface area contributed by atoms with Crippen molar-refractivity contribution < 1.29 is 38.9 Å². The highest BCUT2D eigenvalue weighted by Gasteiger charge is 2.47. The van der Waals surface area contributed by atoms with Crippen LogP contribution in [0.25, 0.3) is 33.6 Å². The van der Waals surface area contributed by atoms with E-state index in [0.717, 1.165) is 22.3 Å². The summed E-state index contributed by atoms with van der Waals surface area (Å²) in [4.78, 5) is 72.2. The Bertz CT molecular complexity index is 2300. The Kier molecular flexibility index (Phi) is 13.5. The van der Waals surface area contributed by atoms with Crippen molar-refractivity contribution in [3.05, 3.63) is 72.6 Å². The van der Waals surface area contributed by atoms with Crippen molar-refractivity contribution in [2.75, 3.05) is 0 Å². The molecule has 4 fully saturated rings. The van der Waals surface area contributed by atoms with Crippen LogP contribution in [-0.4, -0.2) is 113 Å². The molecule has 0 radical (unpaired) electrons. The van der Waals surface area contributed by atoms with E-state index in [1.54, 1.807) is 9.80 Å². The molecule has 0 unspecified atom stereocenters. The van der Waals surface area contributed by atoms with Crippen molar-refractivity contribution in [3.8, 4) is 58.3 Å². The number of hydrogen-bond acceptors (Lipinski definition) is 8. The Labute approximate surface area is 384 Å². The standard InChI is InChI=1S/C50H58N8O8/c1-7-37-17-19-41(57(37)47(59)43(55-49(61)62)35-21-27(3)65-28(4)22-35)45-51-25-39(53-45)33-13-9-31(10-14-33)32-11-15-34(16-12-32)40-26-52-46(54-40)42-20-18-38(8-2)58(42)48(60)44(56-50(63)64)36-23-29(5)66-30(6)24-36/h1-2,9-16,25-30,35-38,41-44,55-56H,17-24H2,3-6H3,(H,51,53)(H,52,54)(H,61,62)(H,63,64)/t27-,28-,29-,30-,37-,38-,41+,42+,43+,44+/m1/s1. The van der Waals surface area contributed by atoms with Crippen LogP contribution in [0.2, 0.25) is 0 Å². The number of carbonyl (C=O) groups is 4. The fraction of sp³-hybridized carbons (Fsp3) is 0.480. The summed E-state index contributed by atoms with van der Waals surface area (Å²) >= 11 is 0. The van der Waals surface area contributed by atoms with Gasteiger partial charge in [-0.15, -0.1) is 12.8 Å². The van der Waals surface area contributed by atoms with E-state index >= 15 is 0 Å². The number of aromatic nitrogens is 4. The first kappa shape index (κ1) is 45.9. The third-order valence-electron chi connectivity index (χ3n) is 13.7. The van der Waals surface area contributed by atoms with Crippen molar-refractivity contribution in [2.45, 2.75) is 140 Å². The number of imidazole rings is 2. The molecule has 16 nitrogen and oxygen atoms in total.